The van der Waals surface area contributed by atoms with Crippen LogP contribution in [0.1, 0.15) is 11.7 Å². The van der Waals surface area contributed by atoms with Gasteiger partial charge in [-0.25, -0.2) is 8.78 Å². The molecule has 0 aliphatic heterocycles. The number of benzene rings is 1. The predicted molar refractivity (Wildman–Crippen MR) is 83.4 cm³/mol. The van der Waals surface area contributed by atoms with Gasteiger partial charge in [0, 0.05) is 23.5 Å². The van der Waals surface area contributed by atoms with E-state index in [1.54, 1.807) is 12.1 Å². The molecule has 0 saturated carbocycles. The number of aromatic nitrogens is 3. The van der Waals surface area contributed by atoms with E-state index in [4.69, 9.17) is 0 Å². The highest BCUT2D eigenvalue weighted by Gasteiger charge is 2.23. The van der Waals surface area contributed by atoms with Crippen molar-refractivity contribution in [2.45, 2.75) is 12.6 Å². The molecule has 0 aliphatic rings. The molecule has 0 spiro atoms. The third-order valence-corrected chi connectivity index (χ3v) is 3.57. The van der Waals surface area contributed by atoms with Gasteiger partial charge in [-0.2, -0.15) is 5.10 Å². The Balaban J connectivity index is 1.93. The molecule has 3 aromatic rings. The summed E-state index contributed by atoms with van der Waals surface area (Å²) >= 11 is 0. The minimum atomic E-state index is -1.42. The van der Waals surface area contributed by atoms with E-state index in [9.17, 15) is 24.0 Å². The van der Waals surface area contributed by atoms with Gasteiger partial charge in [0.1, 0.15) is 23.9 Å². The van der Waals surface area contributed by atoms with Crippen LogP contribution in [0.25, 0.3) is 11.3 Å². The largest absolute Gasteiger partial charge is 0.386 e. The summed E-state index contributed by atoms with van der Waals surface area (Å²) in [6, 6.07) is 5.83. The van der Waals surface area contributed by atoms with Gasteiger partial charge in [-0.15, -0.1) is 0 Å². The van der Waals surface area contributed by atoms with Crippen LogP contribution in [0, 0.1) is 21.7 Å². The summed E-state index contributed by atoms with van der Waals surface area (Å²) in [7, 11) is 0. The highest BCUT2D eigenvalue weighted by molar-refractivity contribution is 5.68. The van der Waals surface area contributed by atoms with Gasteiger partial charge in [0.25, 0.3) is 0 Å². The molecule has 0 radical (unpaired) electrons. The molecule has 1 atom stereocenters. The molecule has 7 nitrogen and oxygen atoms in total. The van der Waals surface area contributed by atoms with E-state index in [0.717, 1.165) is 29.1 Å². The van der Waals surface area contributed by atoms with E-state index in [2.05, 4.69) is 10.1 Å². The average molecular weight is 346 g/mol. The zero-order valence-electron chi connectivity index (χ0n) is 12.7. The van der Waals surface area contributed by atoms with E-state index < -0.39 is 22.7 Å². The second-order valence-corrected chi connectivity index (χ2v) is 5.26. The highest BCUT2D eigenvalue weighted by atomic mass is 19.1. The number of halogens is 2. The predicted octanol–water partition coefficient (Wildman–Crippen LogP) is 2.87. The van der Waals surface area contributed by atoms with Gasteiger partial charge in [0.2, 0.25) is 0 Å². The average Bonchev–Trinajstić information content (AvgIpc) is 3.02. The lowest BCUT2D eigenvalue weighted by Crippen LogP contribution is -2.11. The lowest BCUT2D eigenvalue weighted by atomic mass is 10.1. The molecule has 1 unspecified atom stereocenters. The maximum Gasteiger partial charge on any atom is 0.314 e. The molecule has 2 heterocycles. The minimum absolute atomic E-state index is 0.0966. The van der Waals surface area contributed by atoms with Gasteiger partial charge in [0.05, 0.1) is 11.5 Å². The number of hydrogen-bond donors (Lipinski definition) is 1. The van der Waals surface area contributed by atoms with E-state index >= 15 is 0 Å². The van der Waals surface area contributed by atoms with Gasteiger partial charge in [-0.3, -0.25) is 19.8 Å². The summed E-state index contributed by atoms with van der Waals surface area (Å²) in [5.74, 6) is -1.47. The van der Waals surface area contributed by atoms with Crippen molar-refractivity contribution in [2.24, 2.45) is 0 Å². The Kier molecular flexibility index (Phi) is 4.48. The Bertz CT molecular complexity index is 915. The van der Waals surface area contributed by atoms with Crippen LogP contribution in [0.5, 0.6) is 0 Å². The Hall–Kier alpha value is -3.20. The molecule has 2 aromatic heterocycles. The zero-order chi connectivity index (χ0) is 18.0. The standard InChI is InChI=1S/C16H12F2N4O3/c17-11-1-2-13(18)12(7-11)15(23)9-21-8-14(22(24)25)16(20-21)10-3-5-19-6-4-10/h1-8,15,23H,9H2. The first-order valence-corrected chi connectivity index (χ1v) is 7.21. The van der Waals surface area contributed by atoms with Crippen molar-refractivity contribution < 1.29 is 18.8 Å². The smallest absolute Gasteiger partial charge is 0.314 e. The maximum absolute atomic E-state index is 13.7. The second kappa shape index (κ2) is 6.73. The van der Waals surface area contributed by atoms with Crippen molar-refractivity contribution in [3.63, 3.8) is 0 Å². The first-order valence-electron chi connectivity index (χ1n) is 7.21. The Morgan fingerprint density at radius 3 is 2.64 bits per heavy atom. The van der Waals surface area contributed by atoms with Crippen LogP contribution in [-0.4, -0.2) is 24.8 Å². The van der Waals surface area contributed by atoms with Gasteiger partial charge < -0.3 is 5.11 Å². The Morgan fingerprint density at radius 2 is 1.96 bits per heavy atom. The number of aliphatic hydroxyl groups is 1. The molecule has 0 fully saturated rings. The van der Waals surface area contributed by atoms with Crippen LogP contribution in [0.15, 0.2) is 48.9 Å². The molecular formula is C16H12F2N4O3. The summed E-state index contributed by atoms with van der Waals surface area (Å²) < 4.78 is 28.1. The third kappa shape index (κ3) is 3.50. The SMILES string of the molecule is O=[N+]([O-])c1cn(CC(O)c2cc(F)ccc2F)nc1-c1ccncc1. The first kappa shape index (κ1) is 16.7. The van der Waals surface area contributed by atoms with E-state index in [0.29, 0.717) is 5.56 Å². The molecule has 128 valence electrons. The fourth-order valence-electron chi connectivity index (χ4n) is 2.40. The van der Waals surface area contributed by atoms with Crippen molar-refractivity contribution in [3.8, 4) is 11.3 Å². The molecule has 25 heavy (non-hydrogen) atoms. The van der Waals surface area contributed by atoms with Gasteiger partial charge >= 0.3 is 5.69 Å². The highest BCUT2D eigenvalue weighted by Crippen LogP contribution is 2.29. The van der Waals surface area contributed by atoms with Crippen molar-refractivity contribution in [1.82, 2.24) is 14.8 Å². The number of pyridine rings is 1. The van der Waals surface area contributed by atoms with Gasteiger partial charge in [0.15, 0.2) is 5.69 Å². The quantitative estimate of drug-likeness (QED) is 0.566. The van der Waals surface area contributed by atoms with E-state index in [1.165, 1.54) is 12.4 Å². The second-order valence-electron chi connectivity index (χ2n) is 5.26. The van der Waals surface area contributed by atoms with Crippen LogP contribution >= 0.6 is 0 Å². The fourth-order valence-corrected chi connectivity index (χ4v) is 2.40. The maximum atomic E-state index is 13.7. The van der Waals surface area contributed by atoms with Crippen molar-refractivity contribution >= 4 is 5.69 Å². The molecule has 1 N–H and O–H groups in total. The van der Waals surface area contributed by atoms with Crippen LogP contribution in [-0.2, 0) is 6.54 Å². The lowest BCUT2D eigenvalue weighted by molar-refractivity contribution is -0.384. The number of aliphatic hydroxyl groups excluding tert-OH is 1. The number of nitro groups is 1. The van der Waals surface area contributed by atoms with Crippen molar-refractivity contribution in [3.05, 3.63) is 76.2 Å². The number of nitrogens with zero attached hydrogens (tertiary/aromatic N) is 4. The Morgan fingerprint density at radius 1 is 1.24 bits per heavy atom. The van der Waals surface area contributed by atoms with E-state index in [-0.39, 0.29) is 23.5 Å². The normalized spacial score (nSPS) is 12.1. The molecule has 3 rings (SSSR count). The molecule has 9 heteroatoms. The molecule has 0 amide bonds. The van der Waals surface area contributed by atoms with Crippen molar-refractivity contribution in [2.75, 3.05) is 0 Å². The third-order valence-electron chi connectivity index (χ3n) is 3.57. The summed E-state index contributed by atoms with van der Waals surface area (Å²) in [6.07, 6.45) is 2.65. The van der Waals surface area contributed by atoms with Crippen LogP contribution in [0.3, 0.4) is 0 Å². The monoisotopic (exact) mass is 346 g/mol. The summed E-state index contributed by atoms with van der Waals surface area (Å²) in [5.41, 5.74) is 0.0629. The molecule has 0 saturated heterocycles. The number of hydrogen-bond acceptors (Lipinski definition) is 5. The van der Waals surface area contributed by atoms with Crippen LogP contribution < -0.4 is 0 Å². The summed E-state index contributed by atoms with van der Waals surface area (Å²) in [5, 5.41) is 25.5. The fraction of sp³-hybridized carbons (Fsp3) is 0.125. The van der Waals surface area contributed by atoms with Crippen LogP contribution in [0.4, 0.5) is 14.5 Å². The first-order chi connectivity index (χ1) is 12.0. The van der Waals surface area contributed by atoms with E-state index in [1.807, 2.05) is 0 Å². The molecule has 0 bridgehead atoms. The molecule has 1 aromatic carbocycles. The van der Waals surface area contributed by atoms with Gasteiger partial charge in [-0.05, 0) is 30.3 Å². The lowest BCUT2D eigenvalue weighted by Gasteiger charge is -2.12. The number of rotatable bonds is 5. The molecule has 0 aliphatic carbocycles. The summed E-state index contributed by atoms with van der Waals surface area (Å²) in [4.78, 5) is 14.5. The van der Waals surface area contributed by atoms with Crippen LogP contribution in [0.2, 0.25) is 0 Å². The van der Waals surface area contributed by atoms with Gasteiger partial charge in [-0.1, -0.05) is 0 Å². The minimum Gasteiger partial charge on any atom is -0.386 e. The zero-order valence-corrected chi connectivity index (χ0v) is 12.7. The topological polar surface area (TPSA) is 94.1 Å². The Labute approximate surface area is 140 Å². The summed E-state index contributed by atoms with van der Waals surface area (Å²) in [6.45, 7) is -0.272. The molecular weight excluding hydrogens is 334 g/mol. The van der Waals surface area contributed by atoms with Crippen molar-refractivity contribution in [1.29, 1.82) is 0 Å².